The Morgan fingerprint density at radius 2 is 2.06 bits per heavy atom. The topological polar surface area (TPSA) is 35.2 Å². The average Bonchev–Trinajstić information content (AvgIpc) is 2.33. The van der Waals surface area contributed by atoms with Crippen molar-refractivity contribution in [1.29, 1.82) is 0 Å². The van der Waals surface area contributed by atoms with E-state index in [1.54, 1.807) is 0 Å². The highest BCUT2D eigenvalue weighted by molar-refractivity contribution is 9.10. The number of benzene rings is 2. The molecular weight excluding hydrogens is 314 g/mol. The van der Waals surface area contributed by atoms with E-state index in [9.17, 15) is 0 Å². The molecule has 4 heteroatoms. The number of rotatable bonds is 3. The molecule has 0 aliphatic heterocycles. The molecule has 0 amide bonds. The summed E-state index contributed by atoms with van der Waals surface area (Å²) >= 11 is 9.55. The molecule has 0 unspecified atom stereocenters. The van der Waals surface area contributed by atoms with E-state index in [1.807, 2.05) is 43.3 Å². The first-order valence-corrected chi connectivity index (χ1v) is 6.67. The van der Waals surface area contributed by atoms with Gasteiger partial charge in [0.05, 0.1) is 5.02 Å². The van der Waals surface area contributed by atoms with Crippen molar-refractivity contribution in [3.05, 3.63) is 57.0 Å². The number of halogens is 2. The fourth-order valence-corrected chi connectivity index (χ4v) is 2.26. The van der Waals surface area contributed by atoms with Crippen LogP contribution in [0.25, 0.3) is 0 Å². The number of ether oxygens (including phenoxy) is 1. The molecule has 94 valence electrons. The Morgan fingerprint density at radius 1 is 1.28 bits per heavy atom. The molecule has 0 heterocycles. The summed E-state index contributed by atoms with van der Waals surface area (Å²) in [4.78, 5) is 0. The van der Waals surface area contributed by atoms with Crippen molar-refractivity contribution in [2.45, 2.75) is 13.5 Å². The molecule has 0 radical (unpaired) electrons. The summed E-state index contributed by atoms with van der Waals surface area (Å²) in [6.07, 6.45) is 0. The van der Waals surface area contributed by atoms with Crippen LogP contribution >= 0.6 is 27.5 Å². The molecule has 2 aromatic carbocycles. The zero-order chi connectivity index (χ0) is 13.1. The van der Waals surface area contributed by atoms with Crippen molar-refractivity contribution >= 4 is 33.2 Å². The van der Waals surface area contributed by atoms with Gasteiger partial charge in [0.25, 0.3) is 0 Å². The number of hydrogen-bond donors (Lipinski definition) is 1. The van der Waals surface area contributed by atoms with E-state index in [1.165, 1.54) is 0 Å². The van der Waals surface area contributed by atoms with E-state index in [-0.39, 0.29) is 0 Å². The van der Waals surface area contributed by atoms with Crippen LogP contribution in [0.5, 0.6) is 5.75 Å². The molecule has 0 aliphatic carbocycles. The van der Waals surface area contributed by atoms with Gasteiger partial charge in [-0.25, -0.2) is 0 Å². The van der Waals surface area contributed by atoms with Gasteiger partial charge < -0.3 is 10.5 Å². The van der Waals surface area contributed by atoms with E-state index in [0.717, 1.165) is 15.6 Å². The SMILES string of the molecule is Cc1ccc(OCc2cccc(N)c2Br)c(Cl)c1. The summed E-state index contributed by atoms with van der Waals surface area (Å²) in [6.45, 7) is 2.42. The Hall–Kier alpha value is -1.19. The quantitative estimate of drug-likeness (QED) is 0.838. The number of hydrogen-bond acceptors (Lipinski definition) is 2. The van der Waals surface area contributed by atoms with Crippen LogP contribution in [-0.4, -0.2) is 0 Å². The van der Waals surface area contributed by atoms with Gasteiger partial charge in [-0.15, -0.1) is 0 Å². The minimum Gasteiger partial charge on any atom is -0.487 e. The lowest BCUT2D eigenvalue weighted by Crippen LogP contribution is -1.99. The van der Waals surface area contributed by atoms with Crippen LogP contribution < -0.4 is 10.5 Å². The molecule has 0 aliphatic rings. The third kappa shape index (κ3) is 2.98. The lowest BCUT2D eigenvalue weighted by Gasteiger charge is -2.10. The van der Waals surface area contributed by atoms with Gasteiger partial charge in [-0.1, -0.05) is 29.8 Å². The molecule has 0 bridgehead atoms. The van der Waals surface area contributed by atoms with E-state index < -0.39 is 0 Å². The molecule has 2 rings (SSSR count). The molecule has 0 aromatic heterocycles. The third-order valence-corrected chi connectivity index (χ3v) is 3.84. The van der Waals surface area contributed by atoms with Crippen LogP contribution in [0.2, 0.25) is 5.02 Å². The van der Waals surface area contributed by atoms with Gasteiger partial charge in [-0.3, -0.25) is 0 Å². The maximum atomic E-state index is 6.11. The fraction of sp³-hybridized carbons (Fsp3) is 0.143. The van der Waals surface area contributed by atoms with Crippen LogP contribution in [-0.2, 0) is 6.61 Å². The number of nitrogens with two attached hydrogens (primary N) is 1. The molecule has 0 spiro atoms. The van der Waals surface area contributed by atoms with Gasteiger partial charge in [-0.05, 0) is 46.6 Å². The van der Waals surface area contributed by atoms with Gasteiger partial charge in [0.1, 0.15) is 12.4 Å². The van der Waals surface area contributed by atoms with Crippen LogP contribution in [0.3, 0.4) is 0 Å². The molecule has 2 aromatic rings. The first-order chi connectivity index (χ1) is 8.58. The molecule has 0 saturated heterocycles. The van der Waals surface area contributed by atoms with Crippen molar-refractivity contribution in [3.63, 3.8) is 0 Å². The van der Waals surface area contributed by atoms with E-state index in [0.29, 0.717) is 23.1 Å². The van der Waals surface area contributed by atoms with Gasteiger partial charge >= 0.3 is 0 Å². The molecule has 0 atom stereocenters. The summed E-state index contributed by atoms with van der Waals surface area (Å²) in [6, 6.07) is 11.4. The lowest BCUT2D eigenvalue weighted by molar-refractivity contribution is 0.305. The smallest absolute Gasteiger partial charge is 0.138 e. The van der Waals surface area contributed by atoms with Crippen LogP contribution in [0.15, 0.2) is 40.9 Å². The Bertz CT molecular complexity index is 572. The molecule has 2 N–H and O–H groups in total. The second-order valence-electron chi connectivity index (χ2n) is 4.04. The fourth-order valence-electron chi connectivity index (χ4n) is 1.59. The molecule has 0 fully saturated rings. The Labute approximate surface area is 120 Å². The maximum Gasteiger partial charge on any atom is 0.138 e. The van der Waals surface area contributed by atoms with Crippen LogP contribution in [0, 0.1) is 6.92 Å². The first kappa shape index (κ1) is 13.2. The Kier molecular flexibility index (Phi) is 4.15. The van der Waals surface area contributed by atoms with Gasteiger partial charge in [0.2, 0.25) is 0 Å². The highest BCUT2D eigenvalue weighted by Gasteiger charge is 2.06. The average molecular weight is 327 g/mol. The number of nitrogen functional groups attached to an aromatic ring is 1. The maximum absolute atomic E-state index is 6.11. The van der Waals surface area contributed by atoms with Crippen molar-refractivity contribution in [1.82, 2.24) is 0 Å². The minimum atomic E-state index is 0.425. The third-order valence-electron chi connectivity index (χ3n) is 2.58. The van der Waals surface area contributed by atoms with Gasteiger partial charge in [0.15, 0.2) is 0 Å². The zero-order valence-electron chi connectivity index (χ0n) is 9.91. The first-order valence-electron chi connectivity index (χ1n) is 5.50. The summed E-state index contributed by atoms with van der Waals surface area (Å²) in [5.41, 5.74) is 8.61. The van der Waals surface area contributed by atoms with E-state index in [4.69, 9.17) is 22.1 Å². The number of aryl methyl sites for hydroxylation is 1. The van der Waals surface area contributed by atoms with Gasteiger partial charge in [-0.2, -0.15) is 0 Å². The molecule has 0 saturated carbocycles. The van der Waals surface area contributed by atoms with Crippen molar-refractivity contribution < 1.29 is 4.74 Å². The van der Waals surface area contributed by atoms with E-state index >= 15 is 0 Å². The second-order valence-corrected chi connectivity index (χ2v) is 5.24. The highest BCUT2D eigenvalue weighted by atomic mass is 79.9. The Balaban J connectivity index is 2.14. The summed E-state index contributed by atoms with van der Waals surface area (Å²) in [5.74, 6) is 0.677. The highest BCUT2D eigenvalue weighted by Crippen LogP contribution is 2.28. The van der Waals surface area contributed by atoms with Crippen molar-refractivity contribution in [2.75, 3.05) is 5.73 Å². The zero-order valence-corrected chi connectivity index (χ0v) is 12.3. The summed E-state index contributed by atoms with van der Waals surface area (Å²) in [7, 11) is 0. The Morgan fingerprint density at radius 3 is 2.78 bits per heavy atom. The minimum absolute atomic E-state index is 0.425. The molecular formula is C14H13BrClNO. The second kappa shape index (κ2) is 5.63. The van der Waals surface area contributed by atoms with Crippen LogP contribution in [0.4, 0.5) is 5.69 Å². The predicted octanol–water partition coefficient (Wildman–Crippen LogP) is 4.57. The van der Waals surface area contributed by atoms with Gasteiger partial charge in [0, 0.05) is 15.7 Å². The lowest BCUT2D eigenvalue weighted by atomic mass is 10.2. The summed E-state index contributed by atoms with van der Waals surface area (Å²) in [5, 5.41) is 0.620. The molecule has 2 nitrogen and oxygen atoms in total. The normalized spacial score (nSPS) is 10.4. The van der Waals surface area contributed by atoms with E-state index in [2.05, 4.69) is 15.9 Å². The summed E-state index contributed by atoms with van der Waals surface area (Å²) < 4.78 is 6.56. The largest absolute Gasteiger partial charge is 0.487 e. The van der Waals surface area contributed by atoms with Crippen molar-refractivity contribution in [3.8, 4) is 5.75 Å². The standard InChI is InChI=1S/C14H13BrClNO/c1-9-5-6-13(11(16)7-9)18-8-10-3-2-4-12(17)14(10)15/h2-7H,8,17H2,1H3. The number of anilines is 1. The predicted molar refractivity (Wildman–Crippen MR) is 79.1 cm³/mol. The molecule has 18 heavy (non-hydrogen) atoms. The van der Waals surface area contributed by atoms with Crippen LogP contribution in [0.1, 0.15) is 11.1 Å². The van der Waals surface area contributed by atoms with Crippen molar-refractivity contribution in [2.24, 2.45) is 0 Å². The monoisotopic (exact) mass is 325 g/mol.